The van der Waals surface area contributed by atoms with Crippen LogP contribution in [0.2, 0.25) is 0 Å². The van der Waals surface area contributed by atoms with Crippen LogP contribution in [0.5, 0.6) is 0 Å². The van der Waals surface area contributed by atoms with Gasteiger partial charge in [0.15, 0.2) is 0 Å². The van der Waals surface area contributed by atoms with Crippen LogP contribution in [0.4, 0.5) is 4.39 Å². The highest BCUT2D eigenvalue weighted by atomic mass is 32.2. The molecular weight excluding hydrogens is 353 g/mol. The van der Waals surface area contributed by atoms with Gasteiger partial charge >= 0.3 is 0 Å². The van der Waals surface area contributed by atoms with Crippen LogP contribution in [-0.4, -0.2) is 64.3 Å². The van der Waals surface area contributed by atoms with E-state index in [-0.39, 0.29) is 17.6 Å². The lowest BCUT2D eigenvalue weighted by Gasteiger charge is -2.35. The highest BCUT2D eigenvalue weighted by molar-refractivity contribution is 8.01. The summed E-state index contributed by atoms with van der Waals surface area (Å²) >= 11 is 1.53. The van der Waals surface area contributed by atoms with Gasteiger partial charge in [0, 0.05) is 38.5 Å². The number of carbonyl (C=O) groups is 2. The first kappa shape index (κ1) is 19.2. The Balaban J connectivity index is 1.55. The molecule has 142 valence electrons. The predicted octanol–water partition coefficient (Wildman–Crippen LogP) is 1.87. The molecular formula is C19H26FN3O2S. The van der Waals surface area contributed by atoms with E-state index in [1.165, 1.54) is 17.8 Å². The zero-order valence-electron chi connectivity index (χ0n) is 15.3. The maximum absolute atomic E-state index is 13.4. The Morgan fingerprint density at radius 2 is 2.12 bits per heavy atom. The van der Waals surface area contributed by atoms with Gasteiger partial charge in [-0.15, -0.1) is 11.8 Å². The predicted molar refractivity (Wildman–Crippen MR) is 101 cm³/mol. The number of hydrogen-bond acceptors (Lipinski definition) is 4. The third-order valence-electron chi connectivity index (χ3n) is 4.96. The summed E-state index contributed by atoms with van der Waals surface area (Å²) in [5.74, 6) is 0.326. The smallest absolute Gasteiger partial charge is 0.246 e. The van der Waals surface area contributed by atoms with Crippen LogP contribution in [0, 0.1) is 5.82 Å². The normalized spacial score (nSPS) is 24.0. The zero-order chi connectivity index (χ0) is 18.7. The van der Waals surface area contributed by atoms with Crippen molar-refractivity contribution in [2.75, 3.05) is 31.9 Å². The monoisotopic (exact) mass is 379 g/mol. The molecule has 0 aromatic heterocycles. The summed E-state index contributed by atoms with van der Waals surface area (Å²) in [5.41, 5.74) is 0.947. The highest BCUT2D eigenvalue weighted by Gasteiger charge is 2.39. The number of rotatable bonds is 3. The van der Waals surface area contributed by atoms with Gasteiger partial charge in [-0.3, -0.25) is 14.5 Å². The molecule has 3 rings (SSSR count). The molecule has 0 spiro atoms. The lowest BCUT2D eigenvalue weighted by molar-refractivity contribution is -0.136. The topological polar surface area (TPSA) is 52.7 Å². The standard InChI is InChI=1S/C19H26FN3O2S/c1-19(2)18(25)21-16(13-26-19)17(24)23-8-4-7-22(9-10-23)12-14-5-3-6-15(20)11-14/h3,5-6,11,16H,4,7-10,12-13H2,1-2H3,(H,21,25). The fraction of sp³-hybridized carbons (Fsp3) is 0.579. The molecule has 1 aromatic rings. The molecule has 7 heteroatoms. The first-order valence-electron chi connectivity index (χ1n) is 9.06. The number of amides is 2. The number of hydrogen-bond donors (Lipinski definition) is 1. The second kappa shape index (κ2) is 7.96. The van der Waals surface area contributed by atoms with Crippen molar-refractivity contribution in [3.8, 4) is 0 Å². The van der Waals surface area contributed by atoms with Gasteiger partial charge in [0.05, 0.1) is 4.75 Å². The van der Waals surface area contributed by atoms with Crippen molar-refractivity contribution < 1.29 is 14.0 Å². The minimum Gasteiger partial charge on any atom is -0.342 e. The fourth-order valence-corrected chi connectivity index (χ4v) is 4.33. The number of nitrogens with zero attached hydrogens (tertiary/aromatic N) is 2. The van der Waals surface area contributed by atoms with Gasteiger partial charge in [-0.25, -0.2) is 4.39 Å². The van der Waals surface area contributed by atoms with E-state index in [2.05, 4.69) is 10.2 Å². The fourth-order valence-electron chi connectivity index (χ4n) is 3.33. The third-order valence-corrected chi connectivity index (χ3v) is 6.36. The van der Waals surface area contributed by atoms with Gasteiger partial charge in [-0.1, -0.05) is 12.1 Å². The summed E-state index contributed by atoms with van der Waals surface area (Å²) < 4.78 is 12.9. The van der Waals surface area contributed by atoms with Crippen LogP contribution < -0.4 is 5.32 Å². The minimum atomic E-state index is -0.475. The van der Waals surface area contributed by atoms with Gasteiger partial charge in [0.1, 0.15) is 11.9 Å². The second-order valence-electron chi connectivity index (χ2n) is 7.43. The Morgan fingerprint density at radius 1 is 1.31 bits per heavy atom. The molecule has 0 saturated carbocycles. The second-order valence-corrected chi connectivity index (χ2v) is 9.07. The average Bonchev–Trinajstić information content (AvgIpc) is 2.82. The van der Waals surface area contributed by atoms with Crippen LogP contribution in [0.3, 0.4) is 0 Å². The maximum Gasteiger partial charge on any atom is 0.246 e. The van der Waals surface area contributed by atoms with Gasteiger partial charge in [-0.05, 0) is 38.0 Å². The molecule has 2 amide bonds. The molecule has 1 atom stereocenters. The molecule has 2 heterocycles. The van der Waals surface area contributed by atoms with Crippen LogP contribution in [0.25, 0.3) is 0 Å². The van der Waals surface area contributed by atoms with E-state index in [4.69, 9.17) is 0 Å². The molecule has 0 bridgehead atoms. The largest absolute Gasteiger partial charge is 0.342 e. The van der Waals surface area contributed by atoms with Crippen molar-refractivity contribution in [2.24, 2.45) is 0 Å². The van der Waals surface area contributed by atoms with Crippen LogP contribution in [0.15, 0.2) is 24.3 Å². The van der Waals surface area contributed by atoms with Crippen molar-refractivity contribution in [1.82, 2.24) is 15.1 Å². The van der Waals surface area contributed by atoms with E-state index < -0.39 is 10.8 Å². The number of carbonyl (C=O) groups excluding carboxylic acids is 2. The Morgan fingerprint density at radius 3 is 2.85 bits per heavy atom. The quantitative estimate of drug-likeness (QED) is 0.871. The average molecular weight is 380 g/mol. The molecule has 0 aliphatic carbocycles. The summed E-state index contributed by atoms with van der Waals surface area (Å²) in [7, 11) is 0. The lowest BCUT2D eigenvalue weighted by atomic mass is 10.1. The van der Waals surface area contributed by atoms with Crippen LogP contribution >= 0.6 is 11.8 Å². The van der Waals surface area contributed by atoms with Gasteiger partial charge in [-0.2, -0.15) is 0 Å². The number of halogens is 1. The molecule has 2 aliphatic rings. The Bertz CT molecular complexity index is 683. The number of nitrogens with one attached hydrogen (secondary N) is 1. The molecule has 1 N–H and O–H groups in total. The molecule has 1 unspecified atom stereocenters. The first-order chi connectivity index (χ1) is 12.3. The van der Waals surface area contributed by atoms with Crippen molar-refractivity contribution in [2.45, 2.75) is 37.6 Å². The lowest BCUT2D eigenvalue weighted by Crippen LogP contribution is -2.58. The summed E-state index contributed by atoms with van der Waals surface area (Å²) in [6.07, 6.45) is 0.875. The highest BCUT2D eigenvalue weighted by Crippen LogP contribution is 2.29. The molecule has 2 aliphatic heterocycles. The van der Waals surface area contributed by atoms with Crippen LogP contribution in [-0.2, 0) is 16.1 Å². The Hall–Kier alpha value is -1.60. The van der Waals surface area contributed by atoms with E-state index in [1.54, 1.807) is 12.1 Å². The number of thioether (sulfide) groups is 1. The Labute approximate surface area is 158 Å². The molecule has 26 heavy (non-hydrogen) atoms. The van der Waals surface area contributed by atoms with Crippen molar-refractivity contribution in [3.63, 3.8) is 0 Å². The van der Waals surface area contributed by atoms with Crippen molar-refractivity contribution in [1.29, 1.82) is 0 Å². The third kappa shape index (κ3) is 4.57. The summed E-state index contributed by atoms with van der Waals surface area (Å²) in [6.45, 7) is 7.39. The van der Waals surface area contributed by atoms with E-state index in [9.17, 15) is 14.0 Å². The van der Waals surface area contributed by atoms with Crippen molar-refractivity contribution in [3.05, 3.63) is 35.6 Å². The minimum absolute atomic E-state index is 0.00829. The molecule has 5 nitrogen and oxygen atoms in total. The summed E-state index contributed by atoms with van der Waals surface area (Å²) in [4.78, 5) is 29.0. The van der Waals surface area contributed by atoms with E-state index >= 15 is 0 Å². The van der Waals surface area contributed by atoms with E-state index in [0.29, 0.717) is 25.4 Å². The van der Waals surface area contributed by atoms with Crippen molar-refractivity contribution >= 4 is 23.6 Å². The molecule has 2 saturated heterocycles. The first-order valence-corrected chi connectivity index (χ1v) is 10.0. The van der Waals surface area contributed by atoms with Gasteiger partial charge < -0.3 is 10.2 Å². The Kier molecular flexibility index (Phi) is 5.87. The molecule has 2 fully saturated rings. The number of benzene rings is 1. The van der Waals surface area contributed by atoms with E-state index in [0.717, 1.165) is 25.1 Å². The molecule has 0 radical (unpaired) electrons. The van der Waals surface area contributed by atoms with Gasteiger partial charge in [0.2, 0.25) is 11.8 Å². The summed E-state index contributed by atoms with van der Waals surface area (Å²) in [5, 5.41) is 2.88. The van der Waals surface area contributed by atoms with E-state index in [1.807, 2.05) is 24.8 Å². The zero-order valence-corrected chi connectivity index (χ0v) is 16.2. The molecule has 1 aromatic carbocycles. The SMILES string of the molecule is CC1(C)SCC(C(=O)N2CCCN(Cc3cccc(F)c3)CC2)NC1=O. The maximum atomic E-state index is 13.4. The van der Waals surface area contributed by atoms with Gasteiger partial charge in [0.25, 0.3) is 0 Å². The van der Waals surface area contributed by atoms with Crippen LogP contribution in [0.1, 0.15) is 25.8 Å². The summed E-state index contributed by atoms with van der Waals surface area (Å²) in [6, 6.07) is 6.22.